The van der Waals surface area contributed by atoms with Crippen molar-refractivity contribution in [3.63, 3.8) is 0 Å². The number of nitrogens with two attached hydrogens (primary N) is 1. The van der Waals surface area contributed by atoms with E-state index in [2.05, 4.69) is 20.9 Å². The highest BCUT2D eigenvalue weighted by molar-refractivity contribution is 9.08. The molecule has 6 heteroatoms. The van der Waals surface area contributed by atoms with Crippen molar-refractivity contribution < 1.29 is 13.9 Å². The lowest BCUT2D eigenvalue weighted by Gasteiger charge is -2.10. The van der Waals surface area contributed by atoms with E-state index < -0.39 is 6.43 Å². The Labute approximate surface area is 88.1 Å². The number of anilines is 1. The lowest BCUT2D eigenvalue weighted by molar-refractivity contribution is 0.151. The Hall–Kier alpha value is -0.750. The first-order valence-electron chi connectivity index (χ1n) is 3.83. The highest BCUT2D eigenvalue weighted by Crippen LogP contribution is 2.29. The van der Waals surface area contributed by atoms with Crippen LogP contribution in [-0.2, 0) is 11.9 Å². The molecular formula is C8H9BrF2N2O. The summed E-state index contributed by atoms with van der Waals surface area (Å²) in [5.74, 6) is -0.221. The normalized spacial score (nSPS) is 10.9. The van der Waals surface area contributed by atoms with Gasteiger partial charge in [-0.2, -0.15) is 0 Å². The molecule has 0 unspecified atom stereocenters. The van der Waals surface area contributed by atoms with Crippen molar-refractivity contribution in [2.75, 3.05) is 5.73 Å². The second-order valence-electron chi connectivity index (χ2n) is 2.66. The van der Waals surface area contributed by atoms with Crippen LogP contribution in [0.5, 0.6) is 0 Å². The van der Waals surface area contributed by atoms with E-state index >= 15 is 0 Å². The van der Waals surface area contributed by atoms with E-state index in [0.29, 0.717) is 11.3 Å². The molecule has 0 saturated heterocycles. The fourth-order valence-electron chi connectivity index (χ4n) is 1.13. The number of pyridine rings is 1. The van der Waals surface area contributed by atoms with Crippen LogP contribution in [-0.4, -0.2) is 10.1 Å². The molecule has 0 aliphatic carbocycles. The number of aliphatic hydroxyl groups excluding tert-OH is 1. The van der Waals surface area contributed by atoms with E-state index in [9.17, 15) is 8.78 Å². The molecule has 1 aromatic rings. The van der Waals surface area contributed by atoms with Crippen LogP contribution in [0.25, 0.3) is 0 Å². The van der Waals surface area contributed by atoms with Crippen molar-refractivity contribution in [2.24, 2.45) is 0 Å². The average molecular weight is 267 g/mol. The average Bonchev–Trinajstić information content (AvgIpc) is 2.15. The van der Waals surface area contributed by atoms with Crippen LogP contribution >= 0.6 is 15.9 Å². The number of rotatable bonds is 3. The second-order valence-corrected chi connectivity index (χ2v) is 3.22. The number of aromatic nitrogens is 1. The van der Waals surface area contributed by atoms with Crippen LogP contribution < -0.4 is 5.73 Å². The van der Waals surface area contributed by atoms with Crippen LogP contribution in [0, 0.1) is 0 Å². The third-order valence-electron chi connectivity index (χ3n) is 1.75. The Morgan fingerprint density at radius 2 is 2.21 bits per heavy atom. The molecule has 0 spiro atoms. The van der Waals surface area contributed by atoms with Crippen LogP contribution in [0.3, 0.4) is 0 Å². The lowest BCUT2D eigenvalue weighted by Crippen LogP contribution is -2.05. The molecule has 14 heavy (non-hydrogen) atoms. The molecule has 78 valence electrons. The van der Waals surface area contributed by atoms with Crippen molar-refractivity contribution in [1.82, 2.24) is 4.98 Å². The molecule has 1 heterocycles. The maximum Gasteiger partial charge on any atom is 0.267 e. The molecule has 0 saturated carbocycles. The molecule has 0 aromatic carbocycles. The van der Waals surface area contributed by atoms with Gasteiger partial charge in [0, 0.05) is 5.33 Å². The topological polar surface area (TPSA) is 59.1 Å². The number of aliphatic hydroxyl groups is 1. The first kappa shape index (κ1) is 11.3. The van der Waals surface area contributed by atoms with Crippen LogP contribution in [0.1, 0.15) is 23.2 Å². The third-order valence-corrected chi connectivity index (χ3v) is 2.36. The Morgan fingerprint density at radius 1 is 1.57 bits per heavy atom. The quantitative estimate of drug-likeness (QED) is 0.823. The summed E-state index contributed by atoms with van der Waals surface area (Å²) >= 11 is 3.08. The van der Waals surface area contributed by atoms with E-state index in [1.54, 1.807) is 0 Å². The Bertz CT molecular complexity index is 333. The van der Waals surface area contributed by atoms with E-state index in [0.717, 1.165) is 0 Å². The van der Waals surface area contributed by atoms with Gasteiger partial charge < -0.3 is 10.8 Å². The Morgan fingerprint density at radius 3 is 2.64 bits per heavy atom. The maximum absolute atomic E-state index is 12.5. The molecule has 0 amide bonds. The molecule has 0 fully saturated rings. The van der Waals surface area contributed by atoms with Gasteiger partial charge in [0.15, 0.2) is 0 Å². The number of hydrogen-bond donors (Lipinski definition) is 2. The third kappa shape index (κ3) is 2.19. The van der Waals surface area contributed by atoms with E-state index in [1.165, 1.54) is 6.07 Å². The number of hydrogen-bond acceptors (Lipinski definition) is 3. The Kier molecular flexibility index (Phi) is 3.77. The van der Waals surface area contributed by atoms with Crippen molar-refractivity contribution in [3.05, 3.63) is 22.9 Å². The number of nitrogens with zero attached hydrogens (tertiary/aromatic N) is 1. The van der Waals surface area contributed by atoms with Gasteiger partial charge in [0.1, 0.15) is 5.82 Å². The van der Waals surface area contributed by atoms with E-state index in [-0.39, 0.29) is 23.3 Å². The van der Waals surface area contributed by atoms with E-state index in [4.69, 9.17) is 10.8 Å². The molecule has 0 aliphatic heterocycles. The standard InChI is InChI=1S/C8H9BrF2N2O/c9-2-4-1-5(3-14)13-8(12)6(4)7(10)11/h1,7,14H,2-3H2,(H2,12,13). The molecule has 0 aliphatic rings. The highest BCUT2D eigenvalue weighted by Gasteiger charge is 2.18. The summed E-state index contributed by atoms with van der Waals surface area (Å²) in [6, 6.07) is 1.41. The fraction of sp³-hybridized carbons (Fsp3) is 0.375. The van der Waals surface area contributed by atoms with Gasteiger partial charge in [-0.15, -0.1) is 0 Å². The van der Waals surface area contributed by atoms with Gasteiger partial charge in [0.05, 0.1) is 17.9 Å². The second kappa shape index (κ2) is 4.65. The largest absolute Gasteiger partial charge is 0.390 e. The summed E-state index contributed by atoms with van der Waals surface area (Å²) in [4.78, 5) is 3.65. The molecule has 3 nitrogen and oxygen atoms in total. The zero-order chi connectivity index (χ0) is 10.7. The molecule has 1 aromatic heterocycles. The SMILES string of the molecule is Nc1nc(CO)cc(CBr)c1C(F)F. The first-order valence-corrected chi connectivity index (χ1v) is 4.95. The van der Waals surface area contributed by atoms with Crippen molar-refractivity contribution in [3.8, 4) is 0 Å². The molecule has 1 rings (SSSR count). The number of alkyl halides is 3. The zero-order valence-corrected chi connectivity index (χ0v) is 8.76. The summed E-state index contributed by atoms with van der Waals surface area (Å²) in [5.41, 5.74) is 5.74. The highest BCUT2D eigenvalue weighted by atomic mass is 79.9. The van der Waals surface area contributed by atoms with Crippen LogP contribution in [0.2, 0.25) is 0 Å². The van der Waals surface area contributed by atoms with Gasteiger partial charge in [0.2, 0.25) is 0 Å². The summed E-state index contributed by atoms with van der Waals surface area (Å²) in [7, 11) is 0. The van der Waals surface area contributed by atoms with Crippen LogP contribution in [0.15, 0.2) is 6.07 Å². The van der Waals surface area contributed by atoms with Gasteiger partial charge in [-0.25, -0.2) is 13.8 Å². The first-order chi connectivity index (χ1) is 6.60. The lowest BCUT2D eigenvalue weighted by atomic mass is 10.1. The van der Waals surface area contributed by atoms with Crippen molar-refractivity contribution >= 4 is 21.7 Å². The molecular weight excluding hydrogens is 258 g/mol. The molecule has 0 radical (unpaired) electrons. The maximum atomic E-state index is 12.5. The predicted molar refractivity (Wildman–Crippen MR) is 52.2 cm³/mol. The minimum absolute atomic E-state index is 0.221. The van der Waals surface area contributed by atoms with Gasteiger partial charge in [-0.05, 0) is 11.6 Å². The minimum Gasteiger partial charge on any atom is -0.390 e. The van der Waals surface area contributed by atoms with Crippen molar-refractivity contribution in [2.45, 2.75) is 18.4 Å². The minimum atomic E-state index is -2.65. The summed E-state index contributed by atoms with van der Waals surface area (Å²) in [6.45, 7) is -0.312. The fourth-order valence-corrected chi connectivity index (χ4v) is 1.60. The molecule has 0 bridgehead atoms. The molecule has 0 atom stereocenters. The monoisotopic (exact) mass is 266 g/mol. The summed E-state index contributed by atoms with van der Waals surface area (Å²) in [6.07, 6.45) is -2.65. The van der Waals surface area contributed by atoms with Gasteiger partial charge in [-0.3, -0.25) is 0 Å². The van der Waals surface area contributed by atoms with Crippen molar-refractivity contribution in [1.29, 1.82) is 0 Å². The van der Waals surface area contributed by atoms with Crippen LogP contribution in [0.4, 0.5) is 14.6 Å². The van der Waals surface area contributed by atoms with Gasteiger partial charge in [-0.1, -0.05) is 15.9 Å². The number of halogens is 3. The van der Waals surface area contributed by atoms with E-state index in [1.807, 2.05) is 0 Å². The summed E-state index contributed by atoms with van der Waals surface area (Å²) < 4.78 is 25.0. The van der Waals surface area contributed by atoms with Gasteiger partial charge >= 0.3 is 0 Å². The number of nitrogen functional groups attached to an aromatic ring is 1. The Balaban J connectivity index is 3.27. The van der Waals surface area contributed by atoms with Gasteiger partial charge in [0.25, 0.3) is 6.43 Å². The summed E-state index contributed by atoms with van der Waals surface area (Å²) in [5, 5.41) is 9.05. The smallest absolute Gasteiger partial charge is 0.267 e. The molecule has 3 N–H and O–H groups in total. The zero-order valence-electron chi connectivity index (χ0n) is 7.17. The predicted octanol–water partition coefficient (Wildman–Crippen LogP) is 1.99.